The lowest BCUT2D eigenvalue weighted by atomic mass is 9.78. The van der Waals surface area contributed by atoms with E-state index in [1.807, 2.05) is 42.5 Å². The zero-order chi connectivity index (χ0) is 14.8. The molecule has 1 aliphatic heterocycles. The summed E-state index contributed by atoms with van der Waals surface area (Å²) < 4.78 is 10.6. The molecule has 0 bridgehead atoms. The fourth-order valence-electron chi connectivity index (χ4n) is 2.18. The SMILES string of the molecule is CN1C=C(O)OB(c2ccc3ccccc3c2)OC(O)=C1. The molecule has 2 aromatic rings. The Bertz CT molecular complexity index is 706. The van der Waals surface area contributed by atoms with Crippen molar-refractivity contribution >= 4 is 23.4 Å². The fourth-order valence-corrected chi connectivity index (χ4v) is 2.18. The van der Waals surface area contributed by atoms with Crippen LogP contribution in [0.15, 0.2) is 66.8 Å². The lowest BCUT2D eigenvalue weighted by Crippen LogP contribution is -2.37. The van der Waals surface area contributed by atoms with Crippen LogP contribution < -0.4 is 5.46 Å². The molecule has 3 rings (SSSR count). The predicted octanol–water partition coefficient (Wildman–Crippen LogP) is 2.23. The van der Waals surface area contributed by atoms with Crippen LogP contribution in [0.1, 0.15) is 0 Å². The Kier molecular flexibility index (Phi) is 3.35. The van der Waals surface area contributed by atoms with Crippen LogP contribution in [-0.2, 0) is 9.31 Å². The van der Waals surface area contributed by atoms with E-state index in [0.29, 0.717) is 5.46 Å². The average Bonchev–Trinajstić information content (AvgIpc) is 2.44. The highest BCUT2D eigenvalue weighted by Crippen LogP contribution is 2.14. The topological polar surface area (TPSA) is 62.2 Å². The zero-order valence-corrected chi connectivity index (χ0v) is 11.4. The van der Waals surface area contributed by atoms with Gasteiger partial charge in [0.2, 0.25) is 0 Å². The van der Waals surface area contributed by atoms with Crippen molar-refractivity contribution in [3.8, 4) is 0 Å². The molecule has 0 saturated heterocycles. The largest absolute Gasteiger partial charge is 0.636 e. The molecule has 0 saturated carbocycles. The van der Waals surface area contributed by atoms with E-state index in [2.05, 4.69) is 0 Å². The van der Waals surface area contributed by atoms with E-state index in [-0.39, 0.29) is 11.9 Å². The van der Waals surface area contributed by atoms with Crippen molar-refractivity contribution in [2.45, 2.75) is 0 Å². The van der Waals surface area contributed by atoms with Gasteiger partial charge in [-0.2, -0.15) is 0 Å². The van der Waals surface area contributed by atoms with E-state index in [4.69, 9.17) is 9.31 Å². The quantitative estimate of drug-likeness (QED) is 0.786. The number of nitrogens with zero attached hydrogens (tertiary/aromatic N) is 1. The normalized spacial score (nSPS) is 15.5. The number of aliphatic hydroxyl groups excluding tert-OH is 2. The van der Waals surface area contributed by atoms with Gasteiger partial charge in [0.1, 0.15) is 0 Å². The number of benzene rings is 2. The lowest BCUT2D eigenvalue weighted by Gasteiger charge is -2.20. The van der Waals surface area contributed by atoms with E-state index < -0.39 is 7.12 Å². The van der Waals surface area contributed by atoms with Gasteiger partial charge in [0.15, 0.2) is 0 Å². The summed E-state index contributed by atoms with van der Waals surface area (Å²) >= 11 is 0. The highest BCUT2D eigenvalue weighted by atomic mass is 16.7. The van der Waals surface area contributed by atoms with Crippen molar-refractivity contribution in [2.24, 2.45) is 0 Å². The summed E-state index contributed by atoms with van der Waals surface area (Å²) in [5, 5.41) is 21.6. The van der Waals surface area contributed by atoms with Crippen molar-refractivity contribution < 1.29 is 19.5 Å². The maximum absolute atomic E-state index is 9.72. The van der Waals surface area contributed by atoms with Crippen molar-refractivity contribution in [2.75, 3.05) is 7.05 Å². The summed E-state index contributed by atoms with van der Waals surface area (Å²) in [5.74, 6) is -0.584. The number of hydrogen-bond donors (Lipinski definition) is 2. The number of aliphatic hydroxyl groups is 2. The first-order valence-electron chi connectivity index (χ1n) is 6.47. The van der Waals surface area contributed by atoms with Crippen molar-refractivity contribution in [1.29, 1.82) is 0 Å². The summed E-state index contributed by atoms with van der Waals surface area (Å²) in [5.41, 5.74) is 0.693. The Labute approximate surface area is 122 Å². The first-order chi connectivity index (χ1) is 10.1. The van der Waals surface area contributed by atoms with Crippen molar-refractivity contribution in [1.82, 2.24) is 4.90 Å². The first kappa shape index (κ1) is 13.2. The number of hydrogen-bond acceptors (Lipinski definition) is 5. The van der Waals surface area contributed by atoms with Crippen LogP contribution in [0.2, 0.25) is 0 Å². The molecule has 0 aromatic heterocycles. The van der Waals surface area contributed by atoms with Crippen LogP contribution in [0, 0.1) is 0 Å². The molecule has 2 N–H and O–H groups in total. The molecule has 6 heteroatoms. The molecule has 5 nitrogen and oxygen atoms in total. The molecular weight excluding hydrogens is 269 g/mol. The van der Waals surface area contributed by atoms with Crippen LogP contribution in [-0.4, -0.2) is 29.3 Å². The van der Waals surface area contributed by atoms with Gasteiger partial charge in [-0.25, -0.2) is 0 Å². The smallest absolute Gasteiger partial charge is 0.494 e. The van der Waals surface area contributed by atoms with E-state index in [1.165, 1.54) is 17.3 Å². The predicted molar refractivity (Wildman–Crippen MR) is 80.7 cm³/mol. The summed E-state index contributed by atoms with van der Waals surface area (Å²) in [4.78, 5) is 1.43. The molecule has 0 aliphatic carbocycles. The molecule has 0 atom stereocenters. The van der Waals surface area contributed by atoms with E-state index >= 15 is 0 Å². The van der Waals surface area contributed by atoms with Crippen LogP contribution in [0.3, 0.4) is 0 Å². The van der Waals surface area contributed by atoms with Gasteiger partial charge in [0.05, 0.1) is 12.4 Å². The third-order valence-corrected chi connectivity index (χ3v) is 3.13. The summed E-state index contributed by atoms with van der Waals surface area (Å²) in [6.45, 7) is 0. The standard InChI is InChI=1S/C15H14BNO4/c1-17-9-14(18)20-16(21-15(19)10-17)13-7-6-11-4-2-3-5-12(11)8-13/h2-10,18-19H,1H3. The highest BCUT2D eigenvalue weighted by Gasteiger charge is 2.29. The second kappa shape index (κ2) is 5.32. The Balaban J connectivity index is 1.97. The van der Waals surface area contributed by atoms with Gasteiger partial charge in [-0.05, 0) is 10.8 Å². The Morgan fingerprint density at radius 3 is 2.19 bits per heavy atom. The average molecular weight is 283 g/mol. The minimum atomic E-state index is -0.921. The molecule has 2 aromatic carbocycles. The third kappa shape index (κ3) is 2.89. The van der Waals surface area contributed by atoms with Crippen molar-refractivity contribution in [3.63, 3.8) is 0 Å². The molecule has 0 radical (unpaired) electrons. The molecule has 1 heterocycles. The van der Waals surface area contributed by atoms with E-state index in [9.17, 15) is 10.2 Å². The molecule has 0 unspecified atom stereocenters. The molecule has 0 spiro atoms. The van der Waals surface area contributed by atoms with Gasteiger partial charge < -0.3 is 24.4 Å². The monoisotopic (exact) mass is 283 g/mol. The number of fused-ring (bicyclic) bond motifs is 1. The van der Waals surface area contributed by atoms with Crippen molar-refractivity contribution in [3.05, 3.63) is 66.8 Å². The molecule has 0 fully saturated rings. The summed E-state index contributed by atoms with van der Waals surface area (Å²) in [6.07, 6.45) is 2.68. The highest BCUT2D eigenvalue weighted by molar-refractivity contribution is 6.62. The summed E-state index contributed by atoms with van der Waals surface area (Å²) in [6, 6.07) is 13.5. The minimum Gasteiger partial charge on any atom is -0.494 e. The first-order valence-corrected chi connectivity index (χ1v) is 6.47. The van der Waals surface area contributed by atoms with Crippen LogP contribution in [0.5, 0.6) is 0 Å². The van der Waals surface area contributed by atoms with Crippen LogP contribution in [0.25, 0.3) is 10.8 Å². The van der Waals surface area contributed by atoms with Gasteiger partial charge in [-0.3, -0.25) is 0 Å². The molecule has 1 aliphatic rings. The Morgan fingerprint density at radius 2 is 1.52 bits per heavy atom. The van der Waals surface area contributed by atoms with Gasteiger partial charge in [-0.15, -0.1) is 0 Å². The van der Waals surface area contributed by atoms with Gasteiger partial charge >= 0.3 is 7.12 Å². The maximum atomic E-state index is 9.72. The lowest BCUT2D eigenvalue weighted by molar-refractivity contribution is 0.124. The fraction of sp³-hybridized carbons (Fsp3) is 0.0667. The maximum Gasteiger partial charge on any atom is 0.636 e. The number of rotatable bonds is 1. The van der Waals surface area contributed by atoms with E-state index in [0.717, 1.165) is 10.8 Å². The molecule has 106 valence electrons. The zero-order valence-electron chi connectivity index (χ0n) is 11.4. The third-order valence-electron chi connectivity index (χ3n) is 3.13. The second-order valence-electron chi connectivity index (χ2n) is 4.77. The van der Waals surface area contributed by atoms with E-state index in [1.54, 1.807) is 7.05 Å². The van der Waals surface area contributed by atoms with Gasteiger partial charge in [0.25, 0.3) is 11.9 Å². The van der Waals surface area contributed by atoms with Gasteiger partial charge in [-0.1, -0.05) is 42.5 Å². The second-order valence-corrected chi connectivity index (χ2v) is 4.77. The molecular formula is C15H14BNO4. The van der Waals surface area contributed by atoms with Crippen LogP contribution >= 0.6 is 0 Å². The van der Waals surface area contributed by atoms with Crippen LogP contribution in [0.4, 0.5) is 0 Å². The molecule has 0 amide bonds. The van der Waals surface area contributed by atoms with Gasteiger partial charge in [0, 0.05) is 12.5 Å². The molecule has 21 heavy (non-hydrogen) atoms. The Hall–Kier alpha value is -2.76. The minimum absolute atomic E-state index is 0.292. The summed E-state index contributed by atoms with van der Waals surface area (Å²) in [7, 11) is 0.714. The Morgan fingerprint density at radius 1 is 0.905 bits per heavy atom.